The summed E-state index contributed by atoms with van der Waals surface area (Å²) in [6.07, 6.45) is 5.41. The van der Waals surface area contributed by atoms with Gasteiger partial charge in [0, 0.05) is 17.9 Å². The fourth-order valence-corrected chi connectivity index (χ4v) is 1.74. The van der Waals surface area contributed by atoms with Gasteiger partial charge < -0.3 is 0 Å². The molecule has 0 spiro atoms. The lowest BCUT2D eigenvalue weighted by atomic mass is 9.89. The second-order valence-corrected chi connectivity index (χ2v) is 3.38. The number of hydroxylamine groups is 2. The average Bonchev–Trinajstić information content (AvgIpc) is 2.04. The van der Waals surface area contributed by atoms with Crippen LogP contribution < -0.4 is 10.8 Å². The normalized spacial score (nSPS) is 24.0. The second kappa shape index (κ2) is 3.52. The molecule has 1 rings (SSSR count). The van der Waals surface area contributed by atoms with Crippen LogP contribution in [0.15, 0.2) is 0 Å². The Labute approximate surface area is 68.1 Å². The summed E-state index contributed by atoms with van der Waals surface area (Å²) in [4.78, 5) is 0. The van der Waals surface area contributed by atoms with Crippen molar-refractivity contribution in [1.82, 2.24) is 5.06 Å². The Kier molecular flexibility index (Phi) is 2.87. The molecule has 0 heterocycles. The Morgan fingerprint density at radius 1 is 1.36 bits per heavy atom. The Bertz CT molecular complexity index is 121. The van der Waals surface area contributed by atoms with Crippen LogP contribution in [0.5, 0.6) is 0 Å². The van der Waals surface area contributed by atoms with Gasteiger partial charge in [-0.2, -0.15) is 5.21 Å². The van der Waals surface area contributed by atoms with Crippen LogP contribution in [-0.4, -0.2) is 17.4 Å². The fourth-order valence-electron chi connectivity index (χ4n) is 1.74. The van der Waals surface area contributed by atoms with E-state index in [1.165, 1.54) is 11.5 Å². The molecule has 65 valence electrons. The Balaban J connectivity index is 2.49. The zero-order valence-corrected chi connectivity index (χ0v) is 7.21. The van der Waals surface area contributed by atoms with E-state index in [2.05, 4.69) is 0 Å². The zero-order chi connectivity index (χ0) is 8.32. The molecule has 1 aliphatic carbocycles. The molecule has 0 aliphatic heterocycles. The first-order valence-corrected chi connectivity index (χ1v) is 4.44. The minimum atomic E-state index is -0.424. The summed E-state index contributed by atoms with van der Waals surface area (Å²) in [6.45, 7) is 2.54. The molecule has 3 heteroatoms. The first-order chi connectivity index (χ1) is 5.19. The van der Waals surface area contributed by atoms with Gasteiger partial charge in [0.15, 0.2) is 6.54 Å². The van der Waals surface area contributed by atoms with Crippen molar-refractivity contribution in [3.05, 3.63) is 0 Å². The molecule has 0 saturated heterocycles. The fraction of sp³-hybridized carbons (Fsp3) is 1.00. The van der Waals surface area contributed by atoms with Crippen molar-refractivity contribution in [2.75, 3.05) is 6.54 Å². The van der Waals surface area contributed by atoms with Crippen LogP contribution in [-0.2, 0) is 0 Å². The van der Waals surface area contributed by atoms with Gasteiger partial charge in [-0.25, -0.2) is 0 Å². The first kappa shape index (κ1) is 8.97. The highest BCUT2D eigenvalue weighted by molar-refractivity contribution is 4.85. The molecular weight excluding hydrogens is 140 g/mol. The van der Waals surface area contributed by atoms with E-state index >= 15 is 0 Å². The lowest BCUT2D eigenvalue weighted by molar-refractivity contribution is -0.0839. The molecule has 0 aromatic heterocycles. The first-order valence-electron chi connectivity index (χ1n) is 4.44. The molecule has 0 unspecified atom stereocenters. The van der Waals surface area contributed by atoms with E-state index in [4.69, 9.17) is 5.73 Å². The summed E-state index contributed by atoms with van der Waals surface area (Å²) in [5.74, 6) is 0. The van der Waals surface area contributed by atoms with E-state index in [0.717, 1.165) is 25.7 Å². The van der Waals surface area contributed by atoms with Crippen LogP contribution >= 0.6 is 0 Å². The van der Waals surface area contributed by atoms with Crippen molar-refractivity contribution in [1.29, 1.82) is 0 Å². The second-order valence-electron chi connectivity index (χ2n) is 3.38. The van der Waals surface area contributed by atoms with Crippen LogP contribution in [0.25, 0.3) is 0 Å². The minimum Gasteiger partial charge on any atom is -0.272 e. The largest absolute Gasteiger partial charge is 0.272 e. The summed E-state index contributed by atoms with van der Waals surface area (Å²) >= 11 is 0. The Morgan fingerprint density at radius 3 is 2.36 bits per heavy atom. The van der Waals surface area contributed by atoms with Gasteiger partial charge in [0.25, 0.3) is 0 Å². The van der Waals surface area contributed by atoms with Gasteiger partial charge in [-0.1, -0.05) is 6.42 Å². The molecule has 0 aromatic rings. The van der Waals surface area contributed by atoms with Crippen molar-refractivity contribution in [2.45, 2.75) is 44.7 Å². The summed E-state index contributed by atoms with van der Waals surface area (Å²) in [5.41, 5.74) is 5.57. The van der Waals surface area contributed by atoms with Crippen molar-refractivity contribution < 1.29 is 5.21 Å². The molecule has 0 atom stereocenters. The predicted molar refractivity (Wildman–Crippen MR) is 44.5 cm³/mol. The summed E-state index contributed by atoms with van der Waals surface area (Å²) in [6, 6.07) is 0. The van der Waals surface area contributed by atoms with Gasteiger partial charge in [-0.15, -0.1) is 0 Å². The maximum Gasteiger partial charge on any atom is 0.230 e. The highest BCUT2D eigenvalue weighted by Crippen LogP contribution is 2.26. The van der Waals surface area contributed by atoms with Crippen molar-refractivity contribution in [3.63, 3.8) is 0 Å². The highest BCUT2D eigenvalue weighted by atomic mass is 16.5. The van der Waals surface area contributed by atoms with E-state index in [9.17, 15) is 5.21 Å². The molecule has 0 aromatic carbocycles. The summed E-state index contributed by atoms with van der Waals surface area (Å²) in [7, 11) is 0. The van der Waals surface area contributed by atoms with Crippen LogP contribution in [0.2, 0.25) is 0 Å². The molecule has 1 radical (unpaired) electrons. The van der Waals surface area contributed by atoms with Crippen LogP contribution in [0, 0.1) is 0 Å². The van der Waals surface area contributed by atoms with E-state index < -0.39 is 5.66 Å². The molecule has 1 aliphatic rings. The van der Waals surface area contributed by atoms with E-state index in [1.807, 2.05) is 6.92 Å². The van der Waals surface area contributed by atoms with E-state index in [0.29, 0.717) is 6.54 Å². The highest BCUT2D eigenvalue weighted by Gasteiger charge is 2.42. The molecular formula is C8H18N2O+. The van der Waals surface area contributed by atoms with Gasteiger partial charge in [-0.05, 0) is 19.8 Å². The minimum absolute atomic E-state index is 0.424. The smallest absolute Gasteiger partial charge is 0.230 e. The number of rotatable bonds is 2. The molecule has 11 heavy (non-hydrogen) atoms. The summed E-state index contributed by atoms with van der Waals surface area (Å²) in [5, 5.41) is 10.7. The quantitative estimate of drug-likeness (QED) is 0.360. The average molecular weight is 158 g/mol. The predicted octanol–water partition coefficient (Wildman–Crippen LogP) is 1.15. The molecule has 0 amide bonds. The van der Waals surface area contributed by atoms with Crippen molar-refractivity contribution >= 4 is 0 Å². The lowest BCUT2D eigenvalue weighted by Crippen LogP contribution is -2.59. The van der Waals surface area contributed by atoms with Gasteiger partial charge in [-0.3, -0.25) is 5.73 Å². The topological polar surface area (TPSA) is 52.2 Å². The third-order valence-corrected chi connectivity index (χ3v) is 2.53. The molecule has 0 bridgehead atoms. The van der Waals surface area contributed by atoms with Crippen LogP contribution in [0.3, 0.4) is 0 Å². The third-order valence-electron chi connectivity index (χ3n) is 2.53. The Hall–Kier alpha value is -0.120. The number of hydrogen-bond acceptors (Lipinski definition) is 3. The number of nitrogens with zero attached hydrogens (tertiary/aromatic N) is 1. The maximum absolute atomic E-state index is 9.45. The molecule has 3 N–H and O–H groups in total. The van der Waals surface area contributed by atoms with E-state index in [-0.39, 0.29) is 0 Å². The Morgan fingerprint density at radius 2 is 1.91 bits per heavy atom. The maximum atomic E-state index is 9.45. The van der Waals surface area contributed by atoms with Gasteiger partial charge >= 0.3 is 0 Å². The van der Waals surface area contributed by atoms with E-state index in [1.54, 1.807) is 0 Å². The van der Waals surface area contributed by atoms with Crippen molar-refractivity contribution in [2.24, 2.45) is 5.73 Å². The SMILES string of the molecule is CC[N+](O)C1(N)CCCCC1. The molecule has 1 saturated carbocycles. The van der Waals surface area contributed by atoms with Gasteiger partial charge in [0.2, 0.25) is 5.66 Å². The number of nitrogens with two attached hydrogens (primary N) is 1. The number of hydrogen-bond donors (Lipinski definition) is 2. The molecule has 3 nitrogen and oxygen atoms in total. The van der Waals surface area contributed by atoms with Crippen molar-refractivity contribution in [3.8, 4) is 0 Å². The zero-order valence-electron chi connectivity index (χ0n) is 7.21. The van der Waals surface area contributed by atoms with Gasteiger partial charge in [0.1, 0.15) is 0 Å². The van der Waals surface area contributed by atoms with Crippen LogP contribution in [0.1, 0.15) is 39.0 Å². The van der Waals surface area contributed by atoms with Crippen LogP contribution in [0.4, 0.5) is 0 Å². The third kappa shape index (κ3) is 1.92. The molecule has 1 fully saturated rings. The monoisotopic (exact) mass is 158 g/mol. The summed E-state index contributed by atoms with van der Waals surface area (Å²) < 4.78 is 0. The standard InChI is InChI=1S/C8H18N2O/c1-2-10(11)8(9)6-4-3-5-7-8/h11H,2-7,9H2,1H3/q+1. The lowest BCUT2D eigenvalue weighted by Gasteiger charge is -2.29. The van der Waals surface area contributed by atoms with Gasteiger partial charge in [0.05, 0.1) is 0 Å².